The summed E-state index contributed by atoms with van der Waals surface area (Å²) in [5, 5.41) is 18.1. The third-order valence-corrected chi connectivity index (χ3v) is 3.22. The second-order valence-electron chi connectivity index (χ2n) is 3.81. The Balaban J connectivity index is 2.31. The maximum absolute atomic E-state index is 11.0. The molecule has 1 saturated carbocycles. The Morgan fingerprint density at radius 2 is 2.33 bits per heavy atom. The Hall–Kier alpha value is -0.830. The van der Waals surface area contributed by atoms with E-state index >= 15 is 0 Å². The summed E-state index contributed by atoms with van der Waals surface area (Å²) in [6.07, 6.45) is 5.53. The second-order valence-corrected chi connectivity index (χ2v) is 3.81. The first kappa shape index (κ1) is 7.80. The molecule has 2 aliphatic rings. The fourth-order valence-electron chi connectivity index (χ4n) is 2.45. The van der Waals surface area contributed by atoms with Gasteiger partial charge < -0.3 is 10.2 Å². The quantitative estimate of drug-likeness (QED) is 0.595. The summed E-state index contributed by atoms with van der Waals surface area (Å²) in [5.74, 6) is -0.398. The van der Waals surface area contributed by atoms with Crippen LogP contribution in [0.5, 0.6) is 0 Å². The van der Waals surface area contributed by atoms with E-state index in [0.717, 1.165) is 6.42 Å². The molecule has 3 nitrogen and oxygen atoms in total. The van der Waals surface area contributed by atoms with Crippen molar-refractivity contribution < 1.29 is 15.0 Å². The largest absolute Gasteiger partial charge is 0.481 e. The normalized spacial score (nSPS) is 43.8. The maximum atomic E-state index is 11.0. The minimum Gasteiger partial charge on any atom is -0.481 e. The van der Waals surface area contributed by atoms with E-state index in [1.54, 1.807) is 0 Å². The van der Waals surface area contributed by atoms with Crippen molar-refractivity contribution in [1.82, 2.24) is 0 Å². The van der Waals surface area contributed by atoms with Crippen LogP contribution in [0, 0.1) is 17.3 Å². The van der Waals surface area contributed by atoms with Crippen molar-refractivity contribution in [1.29, 1.82) is 0 Å². The number of aliphatic hydroxyl groups is 1. The van der Waals surface area contributed by atoms with Gasteiger partial charge in [-0.3, -0.25) is 4.79 Å². The highest BCUT2D eigenvalue weighted by Gasteiger charge is 2.53. The molecule has 0 spiro atoms. The number of aliphatic carboxylic acids is 1. The van der Waals surface area contributed by atoms with Gasteiger partial charge in [-0.25, -0.2) is 0 Å². The Morgan fingerprint density at radius 3 is 2.58 bits per heavy atom. The van der Waals surface area contributed by atoms with Gasteiger partial charge in [0.25, 0.3) is 0 Å². The van der Waals surface area contributed by atoms with Crippen molar-refractivity contribution in [2.75, 3.05) is 6.61 Å². The predicted molar refractivity (Wildman–Crippen MR) is 42.5 cm³/mol. The Bertz CT molecular complexity index is 246. The minimum absolute atomic E-state index is 0.0602. The van der Waals surface area contributed by atoms with Gasteiger partial charge in [-0.05, 0) is 24.7 Å². The number of carboxylic acids is 1. The van der Waals surface area contributed by atoms with Gasteiger partial charge in [-0.2, -0.15) is 0 Å². The van der Waals surface area contributed by atoms with Crippen molar-refractivity contribution in [3.8, 4) is 0 Å². The number of aliphatic hydroxyl groups excluding tert-OH is 1. The molecule has 0 heterocycles. The third kappa shape index (κ3) is 0.771. The van der Waals surface area contributed by atoms with Crippen LogP contribution in [0.25, 0.3) is 0 Å². The molecule has 0 amide bonds. The average molecular weight is 168 g/mol. The number of hydrogen-bond acceptors (Lipinski definition) is 2. The number of hydrogen-bond donors (Lipinski definition) is 2. The fraction of sp³-hybridized carbons (Fsp3) is 0.667. The molecule has 1 fully saturated rings. The zero-order valence-corrected chi connectivity index (χ0v) is 6.73. The van der Waals surface area contributed by atoms with E-state index in [2.05, 4.69) is 6.08 Å². The van der Waals surface area contributed by atoms with Crippen molar-refractivity contribution in [3.63, 3.8) is 0 Å². The predicted octanol–water partition coefficient (Wildman–Crippen LogP) is 0.646. The zero-order valence-electron chi connectivity index (χ0n) is 6.73. The summed E-state index contributed by atoms with van der Waals surface area (Å²) in [6, 6.07) is 0. The summed E-state index contributed by atoms with van der Waals surface area (Å²) in [6.45, 7) is -0.228. The lowest BCUT2D eigenvalue weighted by Crippen LogP contribution is -2.38. The first-order chi connectivity index (χ1) is 5.69. The first-order valence-corrected chi connectivity index (χ1v) is 4.21. The highest BCUT2D eigenvalue weighted by molar-refractivity contribution is 5.76. The number of fused-ring (bicyclic) bond motifs is 2. The molecule has 0 saturated heterocycles. The molecule has 0 aromatic heterocycles. The molecule has 66 valence electrons. The molecular formula is C9H12O3. The monoisotopic (exact) mass is 168 g/mol. The molecule has 0 aromatic rings. The van der Waals surface area contributed by atoms with E-state index in [1.807, 2.05) is 6.08 Å². The van der Waals surface area contributed by atoms with Crippen LogP contribution < -0.4 is 0 Å². The first-order valence-electron chi connectivity index (χ1n) is 4.21. The summed E-state index contributed by atoms with van der Waals surface area (Å²) < 4.78 is 0. The minimum atomic E-state index is -0.862. The third-order valence-electron chi connectivity index (χ3n) is 3.22. The van der Waals surface area contributed by atoms with Crippen molar-refractivity contribution in [2.45, 2.75) is 12.8 Å². The molecule has 3 atom stereocenters. The van der Waals surface area contributed by atoms with Gasteiger partial charge in [-0.15, -0.1) is 0 Å². The summed E-state index contributed by atoms with van der Waals surface area (Å²) in [5.41, 5.74) is -0.862. The van der Waals surface area contributed by atoms with Gasteiger partial charge in [0.15, 0.2) is 0 Å². The topological polar surface area (TPSA) is 57.5 Å². The van der Waals surface area contributed by atoms with Crippen LogP contribution in [0.1, 0.15) is 12.8 Å². The van der Waals surface area contributed by atoms with E-state index < -0.39 is 11.4 Å². The fourth-order valence-corrected chi connectivity index (χ4v) is 2.45. The molecule has 2 N–H and O–H groups in total. The number of allylic oxidation sites excluding steroid dienone is 2. The molecule has 2 rings (SSSR count). The lowest BCUT2D eigenvalue weighted by atomic mass is 9.76. The van der Waals surface area contributed by atoms with Crippen LogP contribution in [0.15, 0.2) is 12.2 Å². The lowest BCUT2D eigenvalue weighted by molar-refractivity contribution is -0.153. The molecule has 2 bridgehead atoms. The molecule has 3 heteroatoms. The van der Waals surface area contributed by atoms with Gasteiger partial charge in [0.2, 0.25) is 0 Å². The summed E-state index contributed by atoms with van der Waals surface area (Å²) in [7, 11) is 0. The van der Waals surface area contributed by atoms with Gasteiger partial charge in [0, 0.05) is 0 Å². The molecule has 3 unspecified atom stereocenters. The van der Waals surface area contributed by atoms with Crippen LogP contribution >= 0.6 is 0 Å². The van der Waals surface area contributed by atoms with E-state index in [1.165, 1.54) is 0 Å². The number of rotatable bonds is 2. The van der Waals surface area contributed by atoms with Crippen LogP contribution in [-0.4, -0.2) is 22.8 Å². The molecule has 12 heavy (non-hydrogen) atoms. The Labute approximate surface area is 70.7 Å². The van der Waals surface area contributed by atoms with Gasteiger partial charge in [0.1, 0.15) is 0 Å². The molecular weight excluding hydrogens is 156 g/mol. The highest BCUT2D eigenvalue weighted by atomic mass is 16.4. The molecule has 0 aliphatic heterocycles. The highest BCUT2D eigenvalue weighted by Crippen LogP contribution is 2.51. The van der Waals surface area contributed by atoms with Crippen molar-refractivity contribution in [2.24, 2.45) is 17.3 Å². The van der Waals surface area contributed by atoms with Crippen LogP contribution in [0.4, 0.5) is 0 Å². The zero-order chi connectivity index (χ0) is 8.77. The standard InChI is InChI=1S/C9H12O3/c10-5-9(8(11)12)4-6-1-2-7(9)3-6/h1-2,6-7,10H,3-5H2,(H,11,12). The number of carbonyl (C=O) groups is 1. The van der Waals surface area contributed by atoms with Crippen molar-refractivity contribution >= 4 is 5.97 Å². The number of carboxylic acid groups (broad SMARTS) is 1. The maximum Gasteiger partial charge on any atom is 0.312 e. The molecule has 0 radical (unpaired) electrons. The van der Waals surface area contributed by atoms with Crippen LogP contribution in [-0.2, 0) is 4.79 Å². The Morgan fingerprint density at radius 1 is 1.58 bits per heavy atom. The van der Waals surface area contributed by atoms with E-state index in [-0.39, 0.29) is 12.5 Å². The van der Waals surface area contributed by atoms with E-state index in [9.17, 15) is 4.79 Å². The lowest BCUT2D eigenvalue weighted by Gasteiger charge is -2.28. The van der Waals surface area contributed by atoms with Crippen LogP contribution in [0.3, 0.4) is 0 Å². The SMILES string of the molecule is O=C(O)C1(CO)CC2C=CC1C2. The smallest absolute Gasteiger partial charge is 0.312 e. The van der Waals surface area contributed by atoms with Crippen LogP contribution in [0.2, 0.25) is 0 Å². The van der Waals surface area contributed by atoms with Crippen molar-refractivity contribution in [3.05, 3.63) is 12.2 Å². The molecule has 0 aromatic carbocycles. The Kier molecular flexibility index (Phi) is 1.51. The van der Waals surface area contributed by atoms with Gasteiger partial charge in [-0.1, -0.05) is 12.2 Å². The van der Waals surface area contributed by atoms with Gasteiger partial charge in [0.05, 0.1) is 12.0 Å². The van der Waals surface area contributed by atoms with Gasteiger partial charge >= 0.3 is 5.97 Å². The van der Waals surface area contributed by atoms with E-state index in [0.29, 0.717) is 12.3 Å². The van der Waals surface area contributed by atoms with E-state index in [4.69, 9.17) is 10.2 Å². The summed E-state index contributed by atoms with van der Waals surface area (Å²) >= 11 is 0. The average Bonchev–Trinajstić information content (AvgIpc) is 2.62. The second kappa shape index (κ2) is 2.33. The summed E-state index contributed by atoms with van der Waals surface area (Å²) in [4.78, 5) is 11.0. The molecule has 2 aliphatic carbocycles.